The van der Waals surface area contributed by atoms with Crippen LogP contribution in [0.15, 0.2) is 0 Å². The minimum Gasteiger partial charge on any atom is -0.271 e. The number of halogens is 1. The summed E-state index contributed by atoms with van der Waals surface area (Å²) in [7, 11) is 1.88. The first-order chi connectivity index (χ1) is 8.54. The fourth-order valence-corrected chi connectivity index (χ4v) is 3.48. The van der Waals surface area contributed by atoms with E-state index in [1.54, 1.807) is 4.68 Å². The van der Waals surface area contributed by atoms with Crippen LogP contribution < -0.4 is 11.3 Å². The van der Waals surface area contributed by atoms with Crippen molar-refractivity contribution in [3.63, 3.8) is 0 Å². The Morgan fingerprint density at radius 3 is 2.72 bits per heavy atom. The van der Waals surface area contributed by atoms with Crippen LogP contribution in [0.1, 0.15) is 37.4 Å². The van der Waals surface area contributed by atoms with Gasteiger partial charge >= 0.3 is 0 Å². The zero-order chi connectivity index (χ0) is 13.3. The van der Waals surface area contributed by atoms with Crippen LogP contribution in [-0.4, -0.2) is 15.8 Å². The van der Waals surface area contributed by atoms with Crippen molar-refractivity contribution >= 4 is 11.6 Å². The number of aromatic nitrogens is 2. The molecule has 3 atom stereocenters. The molecule has 3 N–H and O–H groups in total. The molecule has 2 rings (SSSR count). The van der Waals surface area contributed by atoms with Crippen LogP contribution in [0.2, 0.25) is 5.15 Å². The van der Waals surface area contributed by atoms with Gasteiger partial charge in [-0.05, 0) is 31.6 Å². The fourth-order valence-electron chi connectivity index (χ4n) is 3.23. The number of hydrogen-bond acceptors (Lipinski definition) is 3. The average Bonchev–Trinajstić information content (AvgIpc) is 2.84. The number of rotatable bonds is 4. The Morgan fingerprint density at radius 1 is 1.56 bits per heavy atom. The number of hydrogen-bond donors (Lipinski definition) is 2. The summed E-state index contributed by atoms with van der Waals surface area (Å²) in [5.74, 6) is 7.13. The van der Waals surface area contributed by atoms with Gasteiger partial charge < -0.3 is 0 Å². The lowest BCUT2D eigenvalue weighted by atomic mass is 9.87. The third-order valence-corrected chi connectivity index (χ3v) is 4.83. The lowest BCUT2D eigenvalue weighted by Crippen LogP contribution is -2.43. The summed E-state index contributed by atoms with van der Waals surface area (Å²) in [6, 6.07) is 0.294. The van der Waals surface area contributed by atoms with Gasteiger partial charge in [0.2, 0.25) is 0 Å². The Bertz CT molecular complexity index is 415. The van der Waals surface area contributed by atoms with Gasteiger partial charge in [0.05, 0.1) is 5.69 Å². The molecule has 102 valence electrons. The lowest BCUT2D eigenvalue weighted by Gasteiger charge is -2.26. The van der Waals surface area contributed by atoms with Crippen LogP contribution in [0, 0.1) is 18.8 Å². The molecule has 3 unspecified atom stereocenters. The van der Waals surface area contributed by atoms with E-state index in [1.165, 1.54) is 19.3 Å². The Labute approximate surface area is 114 Å². The van der Waals surface area contributed by atoms with Crippen molar-refractivity contribution in [2.24, 2.45) is 24.7 Å². The van der Waals surface area contributed by atoms with E-state index in [1.807, 2.05) is 14.0 Å². The molecule has 1 heterocycles. The standard InChI is InChI=1S/C13H23ClN4/c1-8-5-4-6-10(8)12(16-15)7-11-9(2)17-18(3)13(11)14/h8,10,12,16H,4-7,15H2,1-3H3. The highest BCUT2D eigenvalue weighted by atomic mass is 35.5. The Hall–Kier alpha value is -0.580. The first kappa shape index (κ1) is 13.8. The van der Waals surface area contributed by atoms with Crippen molar-refractivity contribution in [2.45, 2.75) is 45.6 Å². The van der Waals surface area contributed by atoms with Gasteiger partial charge in [0, 0.05) is 18.7 Å². The first-order valence-corrected chi connectivity index (χ1v) is 7.06. The van der Waals surface area contributed by atoms with E-state index in [9.17, 15) is 0 Å². The maximum Gasteiger partial charge on any atom is 0.130 e. The molecule has 1 saturated carbocycles. The van der Waals surface area contributed by atoms with Crippen LogP contribution in [0.4, 0.5) is 0 Å². The molecular formula is C13H23ClN4. The van der Waals surface area contributed by atoms with Gasteiger partial charge in [-0.25, -0.2) is 0 Å². The summed E-state index contributed by atoms with van der Waals surface area (Å²) in [4.78, 5) is 0. The van der Waals surface area contributed by atoms with Crippen molar-refractivity contribution < 1.29 is 0 Å². The third kappa shape index (κ3) is 2.56. The number of nitrogens with two attached hydrogens (primary N) is 1. The van der Waals surface area contributed by atoms with Crippen LogP contribution in [0.5, 0.6) is 0 Å². The van der Waals surface area contributed by atoms with Crippen LogP contribution >= 0.6 is 11.6 Å². The summed E-state index contributed by atoms with van der Waals surface area (Å²) in [6.07, 6.45) is 4.74. The van der Waals surface area contributed by atoms with Gasteiger partial charge in [-0.3, -0.25) is 16.0 Å². The van der Waals surface area contributed by atoms with E-state index in [0.29, 0.717) is 12.0 Å². The van der Waals surface area contributed by atoms with Crippen molar-refractivity contribution in [1.82, 2.24) is 15.2 Å². The largest absolute Gasteiger partial charge is 0.271 e. The molecule has 1 aliphatic rings. The highest BCUT2D eigenvalue weighted by molar-refractivity contribution is 6.30. The fraction of sp³-hybridized carbons (Fsp3) is 0.769. The summed E-state index contributed by atoms with van der Waals surface area (Å²) in [5, 5.41) is 5.09. The maximum absolute atomic E-state index is 6.29. The zero-order valence-electron chi connectivity index (χ0n) is 11.4. The third-order valence-electron chi connectivity index (χ3n) is 4.35. The van der Waals surface area contributed by atoms with Crippen molar-refractivity contribution in [3.8, 4) is 0 Å². The molecule has 0 saturated heterocycles. The van der Waals surface area contributed by atoms with Crippen LogP contribution in [-0.2, 0) is 13.5 Å². The molecule has 0 radical (unpaired) electrons. The second-order valence-electron chi connectivity index (χ2n) is 5.53. The molecule has 0 aromatic carbocycles. The van der Waals surface area contributed by atoms with Crippen molar-refractivity contribution in [3.05, 3.63) is 16.4 Å². The highest BCUT2D eigenvalue weighted by Gasteiger charge is 2.31. The van der Waals surface area contributed by atoms with E-state index in [2.05, 4.69) is 17.4 Å². The minimum absolute atomic E-state index is 0.294. The molecular weight excluding hydrogens is 248 g/mol. The Morgan fingerprint density at radius 2 is 2.28 bits per heavy atom. The van der Waals surface area contributed by atoms with Gasteiger partial charge in [0.1, 0.15) is 5.15 Å². The Kier molecular flexibility index (Phi) is 4.30. The molecule has 1 aromatic rings. The summed E-state index contributed by atoms with van der Waals surface area (Å²) >= 11 is 6.29. The topological polar surface area (TPSA) is 55.9 Å². The monoisotopic (exact) mass is 270 g/mol. The number of hydrazine groups is 1. The van der Waals surface area contributed by atoms with Gasteiger partial charge in [0.15, 0.2) is 0 Å². The zero-order valence-corrected chi connectivity index (χ0v) is 12.2. The lowest BCUT2D eigenvalue weighted by molar-refractivity contribution is 0.297. The van der Waals surface area contributed by atoms with E-state index >= 15 is 0 Å². The molecule has 1 fully saturated rings. The Balaban J connectivity index is 2.15. The van der Waals surface area contributed by atoms with E-state index in [4.69, 9.17) is 17.4 Å². The number of nitrogens with one attached hydrogen (secondary N) is 1. The second kappa shape index (κ2) is 5.59. The summed E-state index contributed by atoms with van der Waals surface area (Å²) in [6.45, 7) is 4.33. The SMILES string of the molecule is Cc1nn(C)c(Cl)c1CC(NN)C1CCCC1C. The second-order valence-corrected chi connectivity index (χ2v) is 5.89. The normalized spacial score (nSPS) is 25.6. The quantitative estimate of drug-likeness (QED) is 0.651. The molecule has 0 aliphatic heterocycles. The average molecular weight is 271 g/mol. The molecule has 4 nitrogen and oxygen atoms in total. The summed E-state index contributed by atoms with van der Waals surface area (Å²) in [5.41, 5.74) is 5.12. The molecule has 18 heavy (non-hydrogen) atoms. The van der Waals surface area contributed by atoms with Crippen LogP contribution in [0.3, 0.4) is 0 Å². The van der Waals surface area contributed by atoms with Crippen LogP contribution in [0.25, 0.3) is 0 Å². The molecule has 0 amide bonds. The van der Waals surface area contributed by atoms with E-state index < -0.39 is 0 Å². The van der Waals surface area contributed by atoms with E-state index in [0.717, 1.165) is 28.7 Å². The smallest absolute Gasteiger partial charge is 0.130 e. The van der Waals surface area contributed by atoms with Gasteiger partial charge in [-0.2, -0.15) is 5.10 Å². The van der Waals surface area contributed by atoms with Crippen molar-refractivity contribution in [2.75, 3.05) is 0 Å². The molecule has 1 aliphatic carbocycles. The predicted octanol–water partition coefficient (Wildman–Crippen LogP) is 2.19. The predicted molar refractivity (Wildman–Crippen MR) is 74.3 cm³/mol. The molecule has 5 heteroatoms. The van der Waals surface area contributed by atoms with Gasteiger partial charge in [0.25, 0.3) is 0 Å². The number of nitrogens with zero attached hydrogens (tertiary/aromatic N) is 2. The maximum atomic E-state index is 6.29. The highest BCUT2D eigenvalue weighted by Crippen LogP contribution is 2.35. The number of aryl methyl sites for hydroxylation is 2. The van der Waals surface area contributed by atoms with Gasteiger partial charge in [-0.15, -0.1) is 0 Å². The minimum atomic E-state index is 0.294. The first-order valence-electron chi connectivity index (χ1n) is 6.68. The molecule has 0 spiro atoms. The van der Waals surface area contributed by atoms with E-state index in [-0.39, 0.29) is 0 Å². The summed E-state index contributed by atoms with van der Waals surface area (Å²) < 4.78 is 1.73. The molecule has 0 bridgehead atoms. The van der Waals surface area contributed by atoms with Crippen molar-refractivity contribution in [1.29, 1.82) is 0 Å². The molecule has 1 aromatic heterocycles. The van der Waals surface area contributed by atoms with Gasteiger partial charge in [-0.1, -0.05) is 31.4 Å².